The van der Waals surface area contributed by atoms with Gasteiger partial charge in [0.25, 0.3) is 11.8 Å². The molecule has 0 saturated carbocycles. The molecule has 1 heterocycles. The van der Waals surface area contributed by atoms with E-state index in [0.29, 0.717) is 17.1 Å². The van der Waals surface area contributed by atoms with Crippen molar-refractivity contribution in [3.8, 4) is 11.5 Å². The lowest BCUT2D eigenvalue weighted by Gasteiger charge is -2.23. The molecule has 1 aliphatic heterocycles. The van der Waals surface area contributed by atoms with E-state index in [-0.39, 0.29) is 18.3 Å². The van der Waals surface area contributed by atoms with Gasteiger partial charge in [-0.1, -0.05) is 6.07 Å². The van der Waals surface area contributed by atoms with Gasteiger partial charge in [-0.3, -0.25) is 9.59 Å². The molecular weight excluding hydrogens is 315 g/mol. The molecule has 0 bridgehead atoms. The predicted octanol–water partition coefficient (Wildman–Crippen LogP) is 2.56. The number of ether oxygens (including phenoxy) is 2. The summed E-state index contributed by atoms with van der Waals surface area (Å²) < 4.78 is 23.7. The van der Waals surface area contributed by atoms with Crippen LogP contribution in [0, 0.1) is 5.82 Å². The number of rotatable bonds is 4. The third-order valence-corrected chi connectivity index (χ3v) is 3.36. The Morgan fingerprint density at radius 2 is 2.17 bits per heavy atom. The molecule has 2 aromatic carbocycles. The van der Waals surface area contributed by atoms with Crippen LogP contribution < -0.4 is 20.1 Å². The van der Waals surface area contributed by atoms with E-state index in [1.807, 2.05) is 0 Å². The number of halogens is 1. The highest BCUT2D eigenvalue weighted by Gasteiger charge is 2.23. The molecule has 1 atom stereocenters. The zero-order chi connectivity index (χ0) is 17.1. The third-order valence-electron chi connectivity index (χ3n) is 3.36. The number of anilines is 2. The maximum absolute atomic E-state index is 13.0. The van der Waals surface area contributed by atoms with Crippen molar-refractivity contribution in [3.05, 3.63) is 48.3 Å². The van der Waals surface area contributed by atoms with Crippen LogP contribution in [-0.4, -0.2) is 24.5 Å². The Balaban J connectivity index is 1.61. The lowest BCUT2D eigenvalue weighted by atomic mass is 10.2. The second kappa shape index (κ2) is 6.57. The number of benzene rings is 2. The third kappa shape index (κ3) is 3.62. The average Bonchev–Trinajstić information content (AvgIpc) is 2.54. The smallest absolute Gasteiger partial charge is 0.265 e. The second-order valence-electron chi connectivity index (χ2n) is 5.25. The van der Waals surface area contributed by atoms with Crippen LogP contribution in [0.4, 0.5) is 15.8 Å². The van der Waals surface area contributed by atoms with Gasteiger partial charge in [0.15, 0.2) is 12.7 Å². The molecule has 0 saturated heterocycles. The van der Waals surface area contributed by atoms with Gasteiger partial charge in [0.2, 0.25) is 0 Å². The molecule has 0 radical (unpaired) electrons. The lowest BCUT2D eigenvalue weighted by Crippen LogP contribution is -2.34. The van der Waals surface area contributed by atoms with Crippen LogP contribution >= 0.6 is 0 Å². The first-order chi connectivity index (χ1) is 11.5. The number of carbonyl (C=O) groups excluding carboxylic acids is 2. The van der Waals surface area contributed by atoms with Gasteiger partial charge in [-0.2, -0.15) is 0 Å². The number of hydrogen-bond acceptors (Lipinski definition) is 4. The Morgan fingerprint density at radius 1 is 1.33 bits per heavy atom. The average molecular weight is 330 g/mol. The van der Waals surface area contributed by atoms with E-state index >= 15 is 0 Å². The zero-order valence-corrected chi connectivity index (χ0v) is 12.8. The van der Waals surface area contributed by atoms with Crippen LogP contribution in [0.2, 0.25) is 0 Å². The van der Waals surface area contributed by atoms with Crippen molar-refractivity contribution in [2.75, 3.05) is 17.2 Å². The molecule has 6 nitrogen and oxygen atoms in total. The largest absolute Gasteiger partial charge is 0.484 e. The van der Waals surface area contributed by atoms with Crippen molar-refractivity contribution in [1.29, 1.82) is 0 Å². The monoisotopic (exact) mass is 330 g/mol. The molecule has 0 fully saturated rings. The summed E-state index contributed by atoms with van der Waals surface area (Å²) >= 11 is 0. The van der Waals surface area contributed by atoms with Gasteiger partial charge in [0, 0.05) is 11.8 Å². The van der Waals surface area contributed by atoms with E-state index in [1.54, 1.807) is 31.2 Å². The summed E-state index contributed by atoms with van der Waals surface area (Å²) in [6.45, 7) is 1.39. The number of fused-ring (bicyclic) bond motifs is 1. The van der Waals surface area contributed by atoms with Gasteiger partial charge in [-0.25, -0.2) is 4.39 Å². The van der Waals surface area contributed by atoms with E-state index in [9.17, 15) is 14.0 Å². The van der Waals surface area contributed by atoms with Crippen molar-refractivity contribution in [3.63, 3.8) is 0 Å². The molecule has 124 valence electrons. The highest BCUT2D eigenvalue weighted by molar-refractivity contribution is 5.99. The number of carbonyl (C=O) groups is 2. The fraction of sp³-hybridized carbons (Fsp3) is 0.176. The summed E-state index contributed by atoms with van der Waals surface area (Å²) in [5, 5.41) is 5.34. The summed E-state index contributed by atoms with van der Waals surface area (Å²) in [5.74, 6) is -0.287. The number of nitrogens with one attached hydrogen (secondary N) is 2. The highest BCUT2D eigenvalue weighted by Crippen LogP contribution is 2.32. The van der Waals surface area contributed by atoms with Crippen molar-refractivity contribution < 1.29 is 23.5 Å². The molecule has 0 unspecified atom stereocenters. The van der Waals surface area contributed by atoms with Crippen LogP contribution in [0.1, 0.15) is 6.92 Å². The molecule has 0 spiro atoms. The minimum Gasteiger partial charge on any atom is -0.484 e. The Kier molecular flexibility index (Phi) is 4.33. The van der Waals surface area contributed by atoms with Crippen LogP contribution in [0.5, 0.6) is 11.5 Å². The molecule has 7 heteroatoms. The van der Waals surface area contributed by atoms with Gasteiger partial charge in [0.1, 0.15) is 17.3 Å². The minimum atomic E-state index is -0.558. The summed E-state index contributed by atoms with van der Waals surface area (Å²) in [5.41, 5.74) is 0.974. The second-order valence-corrected chi connectivity index (χ2v) is 5.25. The zero-order valence-electron chi connectivity index (χ0n) is 12.8. The van der Waals surface area contributed by atoms with Crippen molar-refractivity contribution in [2.24, 2.45) is 0 Å². The summed E-state index contributed by atoms with van der Waals surface area (Å²) in [6.07, 6.45) is -0.558. The molecule has 2 amide bonds. The molecule has 0 aromatic heterocycles. The maximum atomic E-state index is 13.0. The van der Waals surface area contributed by atoms with Crippen LogP contribution in [0.25, 0.3) is 0 Å². The maximum Gasteiger partial charge on any atom is 0.265 e. The Morgan fingerprint density at radius 3 is 2.96 bits per heavy atom. The van der Waals surface area contributed by atoms with Gasteiger partial charge in [-0.05, 0) is 37.3 Å². The van der Waals surface area contributed by atoms with Gasteiger partial charge in [-0.15, -0.1) is 0 Å². The predicted molar refractivity (Wildman–Crippen MR) is 85.7 cm³/mol. The summed E-state index contributed by atoms with van der Waals surface area (Å²) in [4.78, 5) is 23.5. The summed E-state index contributed by atoms with van der Waals surface area (Å²) in [7, 11) is 0. The van der Waals surface area contributed by atoms with Gasteiger partial charge in [0.05, 0.1) is 5.69 Å². The number of hydrogen-bond donors (Lipinski definition) is 2. The first-order valence-electron chi connectivity index (χ1n) is 7.31. The fourth-order valence-electron chi connectivity index (χ4n) is 2.19. The molecule has 1 aliphatic rings. The lowest BCUT2D eigenvalue weighted by molar-refractivity contribution is -0.122. The Labute approximate surface area is 137 Å². The SMILES string of the molecule is C[C@H]1Oc2ccc(NC(=O)COc3cccc(F)c3)cc2NC1=O. The normalized spacial score (nSPS) is 15.8. The van der Waals surface area contributed by atoms with E-state index < -0.39 is 17.8 Å². The molecule has 2 aromatic rings. The van der Waals surface area contributed by atoms with Crippen molar-refractivity contribution in [2.45, 2.75) is 13.0 Å². The van der Waals surface area contributed by atoms with E-state index in [2.05, 4.69) is 10.6 Å². The molecule has 0 aliphatic carbocycles. The standard InChI is InChI=1S/C17H15FN2O4/c1-10-17(22)20-14-8-12(5-6-15(14)24-10)19-16(21)9-23-13-4-2-3-11(18)7-13/h2-8,10H,9H2,1H3,(H,19,21)(H,20,22)/t10-/m1/s1. The summed E-state index contributed by atoms with van der Waals surface area (Å²) in [6, 6.07) is 10.5. The Hall–Kier alpha value is -3.09. The van der Waals surface area contributed by atoms with Crippen molar-refractivity contribution in [1.82, 2.24) is 0 Å². The molecule has 3 rings (SSSR count). The first kappa shape index (κ1) is 15.8. The number of amides is 2. The highest BCUT2D eigenvalue weighted by atomic mass is 19.1. The van der Waals surface area contributed by atoms with Crippen LogP contribution in [0.15, 0.2) is 42.5 Å². The van der Waals surface area contributed by atoms with E-state index in [0.717, 1.165) is 0 Å². The van der Waals surface area contributed by atoms with Gasteiger partial charge >= 0.3 is 0 Å². The van der Waals surface area contributed by atoms with E-state index in [4.69, 9.17) is 9.47 Å². The minimum absolute atomic E-state index is 0.250. The molecule has 2 N–H and O–H groups in total. The molecular formula is C17H15FN2O4. The first-order valence-corrected chi connectivity index (χ1v) is 7.31. The van der Waals surface area contributed by atoms with Gasteiger partial charge < -0.3 is 20.1 Å². The topological polar surface area (TPSA) is 76.7 Å². The quantitative estimate of drug-likeness (QED) is 0.903. The van der Waals surface area contributed by atoms with Crippen LogP contribution in [-0.2, 0) is 9.59 Å². The fourth-order valence-corrected chi connectivity index (χ4v) is 2.19. The van der Waals surface area contributed by atoms with Crippen molar-refractivity contribution >= 4 is 23.2 Å². The molecule has 24 heavy (non-hydrogen) atoms. The van der Waals surface area contributed by atoms with Crippen LogP contribution in [0.3, 0.4) is 0 Å². The Bertz CT molecular complexity index is 794. The van der Waals surface area contributed by atoms with E-state index in [1.165, 1.54) is 18.2 Å².